The first-order valence-corrected chi connectivity index (χ1v) is 16.5. The van der Waals surface area contributed by atoms with Crippen LogP contribution in [0.3, 0.4) is 0 Å². The fourth-order valence-electron chi connectivity index (χ4n) is 4.56. The molecule has 0 unspecified atom stereocenters. The smallest absolute Gasteiger partial charge is 0.332 e. The number of ether oxygens (including phenoxy) is 3. The Kier molecular flexibility index (Phi) is 31.0. The number of unbranched alkanes of at least 4 members (excludes halogenated alkanes) is 22. The van der Waals surface area contributed by atoms with E-state index in [1.165, 1.54) is 135 Å². The van der Waals surface area contributed by atoms with Gasteiger partial charge in [-0.05, 0) is 25.1 Å². The SMILES string of the molecule is CCCCCCCCCCCCCCOC(=O)COCC(=S)OCCCCCCCCCCCCCC. The molecule has 0 spiro atoms. The number of thiocarbonyl (C=S) groups is 1. The van der Waals surface area contributed by atoms with Crippen LogP contribution < -0.4 is 0 Å². The molecule has 4 nitrogen and oxygen atoms in total. The Bertz CT molecular complexity index is 441. The molecular weight excluding hydrogens is 480 g/mol. The minimum absolute atomic E-state index is 0.0552. The van der Waals surface area contributed by atoms with Gasteiger partial charge in [-0.25, -0.2) is 4.79 Å². The number of esters is 1. The Balaban J connectivity index is 3.27. The Hall–Kier alpha value is -0.680. The average molecular weight is 543 g/mol. The first-order valence-electron chi connectivity index (χ1n) is 16.1. The van der Waals surface area contributed by atoms with Gasteiger partial charge in [-0.1, -0.05) is 155 Å². The van der Waals surface area contributed by atoms with Crippen molar-refractivity contribution in [2.24, 2.45) is 0 Å². The normalized spacial score (nSPS) is 11.1. The fourth-order valence-corrected chi connectivity index (χ4v) is 4.73. The largest absolute Gasteiger partial charge is 0.485 e. The number of hydrogen-bond acceptors (Lipinski definition) is 5. The molecule has 0 aromatic heterocycles. The molecule has 5 heteroatoms. The van der Waals surface area contributed by atoms with Crippen LogP contribution in [0.2, 0.25) is 0 Å². The van der Waals surface area contributed by atoms with Gasteiger partial charge in [-0.2, -0.15) is 0 Å². The summed E-state index contributed by atoms with van der Waals surface area (Å²) in [6.07, 6.45) is 31.5. The third-order valence-corrected chi connectivity index (χ3v) is 7.20. The number of carbonyl (C=O) groups excluding carboxylic acids is 1. The van der Waals surface area contributed by atoms with E-state index in [0.29, 0.717) is 18.3 Å². The van der Waals surface area contributed by atoms with Gasteiger partial charge in [-0.3, -0.25) is 0 Å². The molecule has 0 saturated heterocycles. The first-order chi connectivity index (χ1) is 18.2. The van der Waals surface area contributed by atoms with Crippen molar-refractivity contribution in [2.75, 3.05) is 26.4 Å². The molecule has 0 bridgehead atoms. The third kappa shape index (κ3) is 31.4. The predicted octanol–water partition coefficient (Wildman–Crippen LogP) is 10.3. The van der Waals surface area contributed by atoms with Crippen LogP contribution >= 0.6 is 12.2 Å². The van der Waals surface area contributed by atoms with Crippen molar-refractivity contribution in [1.82, 2.24) is 0 Å². The summed E-state index contributed by atoms with van der Waals surface area (Å²) in [5.41, 5.74) is 0. The van der Waals surface area contributed by atoms with Crippen LogP contribution in [0, 0.1) is 0 Å². The van der Waals surface area contributed by atoms with Crippen molar-refractivity contribution in [3.63, 3.8) is 0 Å². The number of hydrogen-bond donors (Lipinski definition) is 0. The molecule has 0 rings (SSSR count). The highest BCUT2D eigenvalue weighted by Crippen LogP contribution is 2.13. The minimum atomic E-state index is -0.313. The van der Waals surface area contributed by atoms with E-state index in [4.69, 9.17) is 26.4 Å². The standard InChI is InChI=1S/C32H62O4S/c1-3-5-7-9-11-13-15-17-19-21-23-25-27-35-31(33)29-34-30-32(37)36-28-26-24-22-20-18-16-14-12-10-8-6-4-2/h3-30H2,1-2H3. The zero-order chi connectivity index (χ0) is 27.1. The molecule has 0 atom stereocenters. The fraction of sp³-hybridized carbons (Fsp3) is 0.938. The Morgan fingerprint density at radius 2 is 0.784 bits per heavy atom. The van der Waals surface area contributed by atoms with Crippen LogP contribution in [0.25, 0.3) is 0 Å². The molecule has 0 aromatic rings. The van der Waals surface area contributed by atoms with E-state index in [9.17, 15) is 4.79 Å². The summed E-state index contributed by atoms with van der Waals surface area (Å²) < 4.78 is 16.1. The molecule has 0 saturated carbocycles. The molecule has 37 heavy (non-hydrogen) atoms. The van der Waals surface area contributed by atoms with E-state index in [0.717, 1.165) is 19.3 Å². The van der Waals surface area contributed by atoms with Crippen LogP contribution in [0.5, 0.6) is 0 Å². The van der Waals surface area contributed by atoms with E-state index < -0.39 is 0 Å². The Labute approximate surface area is 236 Å². The van der Waals surface area contributed by atoms with Crippen molar-refractivity contribution < 1.29 is 19.0 Å². The molecule has 0 radical (unpaired) electrons. The summed E-state index contributed by atoms with van der Waals surface area (Å²) in [5.74, 6) is -0.313. The highest BCUT2D eigenvalue weighted by Gasteiger charge is 2.05. The molecule has 0 aliphatic heterocycles. The third-order valence-electron chi connectivity index (χ3n) is 6.96. The van der Waals surface area contributed by atoms with Gasteiger partial charge in [0.05, 0.1) is 13.2 Å². The Morgan fingerprint density at radius 3 is 1.16 bits per heavy atom. The monoisotopic (exact) mass is 542 g/mol. The molecule has 0 amide bonds. The van der Waals surface area contributed by atoms with Crippen molar-refractivity contribution >= 4 is 23.2 Å². The van der Waals surface area contributed by atoms with E-state index >= 15 is 0 Å². The maximum Gasteiger partial charge on any atom is 0.332 e. The van der Waals surface area contributed by atoms with Gasteiger partial charge in [0.25, 0.3) is 0 Å². The van der Waals surface area contributed by atoms with E-state index in [2.05, 4.69) is 13.8 Å². The lowest BCUT2D eigenvalue weighted by atomic mass is 10.1. The lowest BCUT2D eigenvalue weighted by Crippen LogP contribution is -2.18. The first kappa shape index (κ1) is 36.3. The average Bonchev–Trinajstić information content (AvgIpc) is 2.89. The quantitative estimate of drug-likeness (QED) is 0.0513. The number of carbonyl (C=O) groups is 1. The summed E-state index contributed by atoms with van der Waals surface area (Å²) in [7, 11) is 0. The van der Waals surface area contributed by atoms with E-state index in [-0.39, 0.29) is 19.2 Å². The molecule has 0 aliphatic rings. The van der Waals surface area contributed by atoms with E-state index in [1.807, 2.05) is 0 Å². The molecule has 0 N–H and O–H groups in total. The van der Waals surface area contributed by atoms with Gasteiger partial charge in [0.1, 0.15) is 13.2 Å². The minimum Gasteiger partial charge on any atom is -0.485 e. The van der Waals surface area contributed by atoms with Gasteiger partial charge in [0.2, 0.25) is 0 Å². The lowest BCUT2D eigenvalue weighted by molar-refractivity contribution is -0.148. The van der Waals surface area contributed by atoms with Crippen LogP contribution in [0.1, 0.15) is 168 Å². The molecule has 220 valence electrons. The van der Waals surface area contributed by atoms with Crippen molar-refractivity contribution in [3.8, 4) is 0 Å². The van der Waals surface area contributed by atoms with Crippen LogP contribution in [0.15, 0.2) is 0 Å². The maximum absolute atomic E-state index is 11.8. The predicted molar refractivity (Wildman–Crippen MR) is 162 cm³/mol. The van der Waals surface area contributed by atoms with Gasteiger partial charge >= 0.3 is 5.97 Å². The van der Waals surface area contributed by atoms with Crippen LogP contribution in [-0.2, 0) is 19.0 Å². The highest BCUT2D eigenvalue weighted by atomic mass is 32.1. The Morgan fingerprint density at radius 1 is 0.459 bits per heavy atom. The lowest BCUT2D eigenvalue weighted by Gasteiger charge is -2.09. The van der Waals surface area contributed by atoms with Gasteiger partial charge in [0.15, 0.2) is 5.05 Å². The van der Waals surface area contributed by atoms with Gasteiger partial charge < -0.3 is 14.2 Å². The van der Waals surface area contributed by atoms with Gasteiger partial charge in [0, 0.05) is 0 Å². The summed E-state index contributed by atoms with van der Waals surface area (Å²) in [6, 6.07) is 0. The van der Waals surface area contributed by atoms with Crippen molar-refractivity contribution in [2.45, 2.75) is 168 Å². The topological polar surface area (TPSA) is 44.8 Å². The second kappa shape index (κ2) is 31.5. The van der Waals surface area contributed by atoms with Gasteiger partial charge in [-0.15, -0.1) is 0 Å². The second-order valence-electron chi connectivity index (χ2n) is 10.7. The summed E-state index contributed by atoms with van der Waals surface area (Å²) in [6.45, 7) is 5.79. The van der Waals surface area contributed by atoms with Crippen molar-refractivity contribution in [3.05, 3.63) is 0 Å². The summed E-state index contributed by atoms with van der Waals surface area (Å²) >= 11 is 5.19. The van der Waals surface area contributed by atoms with Crippen LogP contribution in [0.4, 0.5) is 0 Å². The summed E-state index contributed by atoms with van der Waals surface area (Å²) in [4.78, 5) is 11.8. The van der Waals surface area contributed by atoms with Crippen LogP contribution in [-0.4, -0.2) is 37.4 Å². The summed E-state index contributed by atoms with van der Waals surface area (Å²) in [5, 5.41) is 0.428. The zero-order valence-corrected chi connectivity index (χ0v) is 25.7. The zero-order valence-electron chi connectivity index (χ0n) is 24.8. The maximum atomic E-state index is 11.8. The molecule has 0 fully saturated rings. The molecule has 0 aromatic carbocycles. The van der Waals surface area contributed by atoms with Crippen molar-refractivity contribution in [1.29, 1.82) is 0 Å². The highest BCUT2D eigenvalue weighted by molar-refractivity contribution is 7.80. The second-order valence-corrected chi connectivity index (χ2v) is 11.2. The molecular formula is C32H62O4S. The molecule has 0 aliphatic carbocycles. The van der Waals surface area contributed by atoms with E-state index in [1.54, 1.807) is 0 Å². The molecule has 0 heterocycles. The number of rotatable bonds is 30.